The van der Waals surface area contributed by atoms with Gasteiger partial charge in [0.15, 0.2) is 0 Å². The van der Waals surface area contributed by atoms with E-state index in [1.54, 1.807) is 26.2 Å². The average Bonchev–Trinajstić information content (AvgIpc) is 2.55. The molecule has 1 unspecified atom stereocenters. The van der Waals surface area contributed by atoms with Crippen molar-refractivity contribution in [3.63, 3.8) is 0 Å². The Bertz CT molecular complexity index is 646. The lowest BCUT2D eigenvalue weighted by Crippen LogP contribution is -2.38. The van der Waals surface area contributed by atoms with Crippen molar-refractivity contribution >= 4 is 23.2 Å². The minimum Gasteiger partial charge on any atom is -0.387 e. The van der Waals surface area contributed by atoms with Gasteiger partial charge in [-0.05, 0) is 18.2 Å². The second kappa shape index (κ2) is 7.99. The fraction of sp³-hybridized carbons (Fsp3) is 0.278. The maximum atomic E-state index is 12.1. The zero-order valence-electron chi connectivity index (χ0n) is 13.3. The van der Waals surface area contributed by atoms with Gasteiger partial charge in [-0.2, -0.15) is 0 Å². The summed E-state index contributed by atoms with van der Waals surface area (Å²) < 4.78 is 0. The number of carbonyl (C=O) groups is 1. The third-order valence-corrected chi connectivity index (χ3v) is 3.95. The Labute approximate surface area is 141 Å². The number of aliphatic hydroxyl groups is 1. The maximum Gasteiger partial charge on any atom is 0.241 e. The van der Waals surface area contributed by atoms with Crippen LogP contribution in [0.5, 0.6) is 0 Å². The standard InChI is InChI=1S/C18H21ClN2O2/c1-20(2)18(23)13-21(14-8-4-3-5-9-14)12-17(22)15-10-6-7-11-16(15)19/h3-11,17,22H,12-13H2,1-2H3. The van der Waals surface area contributed by atoms with Gasteiger partial charge in [0.2, 0.25) is 5.91 Å². The zero-order valence-corrected chi connectivity index (χ0v) is 14.1. The molecular weight excluding hydrogens is 312 g/mol. The molecular formula is C18H21ClN2O2. The van der Waals surface area contributed by atoms with Crippen molar-refractivity contribution in [2.24, 2.45) is 0 Å². The van der Waals surface area contributed by atoms with Crippen molar-refractivity contribution in [1.82, 2.24) is 4.90 Å². The number of para-hydroxylation sites is 1. The summed E-state index contributed by atoms with van der Waals surface area (Å²) in [7, 11) is 3.44. The van der Waals surface area contributed by atoms with E-state index in [0.717, 1.165) is 5.69 Å². The van der Waals surface area contributed by atoms with Crippen molar-refractivity contribution in [2.45, 2.75) is 6.10 Å². The number of benzene rings is 2. The number of anilines is 1. The number of aliphatic hydroxyl groups excluding tert-OH is 1. The van der Waals surface area contributed by atoms with Crippen molar-refractivity contribution in [3.8, 4) is 0 Å². The Kier molecular flexibility index (Phi) is 6.02. The molecule has 1 amide bonds. The largest absolute Gasteiger partial charge is 0.387 e. The Morgan fingerprint density at radius 3 is 2.30 bits per heavy atom. The van der Waals surface area contributed by atoms with Gasteiger partial charge in [0, 0.05) is 36.9 Å². The number of likely N-dealkylation sites (N-methyl/N-ethyl adjacent to an activating group) is 1. The van der Waals surface area contributed by atoms with Gasteiger partial charge in [0.1, 0.15) is 0 Å². The summed E-state index contributed by atoms with van der Waals surface area (Å²) in [6.07, 6.45) is -0.779. The normalized spacial score (nSPS) is 11.8. The molecule has 122 valence electrons. The number of carbonyl (C=O) groups excluding carboxylic acids is 1. The molecule has 0 spiro atoms. The van der Waals surface area contributed by atoms with Crippen molar-refractivity contribution in [2.75, 3.05) is 32.1 Å². The van der Waals surface area contributed by atoms with Crippen LogP contribution in [0.15, 0.2) is 54.6 Å². The second-order valence-corrected chi connectivity index (χ2v) is 5.95. The van der Waals surface area contributed by atoms with E-state index >= 15 is 0 Å². The Morgan fingerprint density at radius 2 is 1.70 bits per heavy atom. The number of nitrogens with zero attached hydrogens (tertiary/aromatic N) is 2. The van der Waals surface area contributed by atoms with Crippen LogP contribution in [-0.4, -0.2) is 43.1 Å². The van der Waals surface area contributed by atoms with Crippen molar-refractivity contribution in [3.05, 3.63) is 65.2 Å². The molecule has 0 aliphatic carbocycles. The van der Waals surface area contributed by atoms with Crippen LogP contribution < -0.4 is 4.90 Å². The van der Waals surface area contributed by atoms with Crippen LogP contribution in [0.2, 0.25) is 5.02 Å². The molecule has 0 fully saturated rings. The van der Waals surface area contributed by atoms with Crippen LogP contribution in [-0.2, 0) is 4.79 Å². The van der Waals surface area contributed by atoms with Crippen LogP contribution in [0.3, 0.4) is 0 Å². The molecule has 0 aliphatic heterocycles. The molecule has 0 heterocycles. The van der Waals surface area contributed by atoms with E-state index in [1.165, 1.54) is 4.90 Å². The van der Waals surface area contributed by atoms with Gasteiger partial charge >= 0.3 is 0 Å². The Hall–Kier alpha value is -2.04. The predicted octanol–water partition coefficient (Wildman–Crippen LogP) is 2.97. The minimum atomic E-state index is -0.779. The van der Waals surface area contributed by atoms with Gasteiger partial charge in [-0.1, -0.05) is 48.0 Å². The van der Waals surface area contributed by atoms with E-state index in [1.807, 2.05) is 47.4 Å². The maximum absolute atomic E-state index is 12.1. The first-order valence-corrected chi connectivity index (χ1v) is 7.79. The SMILES string of the molecule is CN(C)C(=O)CN(CC(O)c1ccccc1Cl)c1ccccc1. The topological polar surface area (TPSA) is 43.8 Å². The lowest BCUT2D eigenvalue weighted by Gasteiger charge is -2.28. The monoisotopic (exact) mass is 332 g/mol. The van der Waals surface area contributed by atoms with E-state index in [9.17, 15) is 9.90 Å². The van der Waals surface area contributed by atoms with E-state index in [4.69, 9.17) is 11.6 Å². The second-order valence-electron chi connectivity index (χ2n) is 5.54. The molecule has 0 saturated heterocycles. The Morgan fingerprint density at radius 1 is 1.09 bits per heavy atom. The van der Waals surface area contributed by atoms with Gasteiger partial charge in [0.25, 0.3) is 0 Å². The highest BCUT2D eigenvalue weighted by Gasteiger charge is 2.19. The predicted molar refractivity (Wildman–Crippen MR) is 93.8 cm³/mol. The summed E-state index contributed by atoms with van der Waals surface area (Å²) in [5, 5.41) is 11.1. The van der Waals surface area contributed by atoms with Crippen molar-refractivity contribution in [1.29, 1.82) is 0 Å². The van der Waals surface area contributed by atoms with E-state index < -0.39 is 6.10 Å². The fourth-order valence-corrected chi connectivity index (χ4v) is 2.52. The third-order valence-electron chi connectivity index (χ3n) is 3.60. The van der Waals surface area contributed by atoms with E-state index in [2.05, 4.69) is 0 Å². The van der Waals surface area contributed by atoms with E-state index in [0.29, 0.717) is 10.6 Å². The molecule has 2 aromatic rings. The van der Waals surface area contributed by atoms with Gasteiger partial charge in [0.05, 0.1) is 12.6 Å². The molecule has 23 heavy (non-hydrogen) atoms. The zero-order chi connectivity index (χ0) is 16.8. The summed E-state index contributed by atoms with van der Waals surface area (Å²) in [6, 6.07) is 16.8. The summed E-state index contributed by atoms with van der Waals surface area (Å²) in [5.74, 6) is -0.0276. The fourth-order valence-electron chi connectivity index (χ4n) is 2.26. The highest BCUT2D eigenvalue weighted by atomic mass is 35.5. The number of hydrogen-bond donors (Lipinski definition) is 1. The number of amides is 1. The molecule has 4 nitrogen and oxygen atoms in total. The van der Waals surface area contributed by atoms with Crippen LogP contribution in [0.25, 0.3) is 0 Å². The first-order chi connectivity index (χ1) is 11.0. The lowest BCUT2D eigenvalue weighted by atomic mass is 10.1. The molecule has 2 rings (SSSR count). The number of halogens is 1. The molecule has 0 aliphatic rings. The first kappa shape index (κ1) is 17.3. The third kappa shape index (κ3) is 4.71. The summed E-state index contributed by atoms with van der Waals surface area (Å²) in [5.41, 5.74) is 1.54. The molecule has 5 heteroatoms. The quantitative estimate of drug-likeness (QED) is 0.884. The molecule has 0 bridgehead atoms. The van der Waals surface area contributed by atoms with Gasteiger partial charge < -0.3 is 14.9 Å². The van der Waals surface area contributed by atoms with E-state index in [-0.39, 0.29) is 19.0 Å². The molecule has 2 aromatic carbocycles. The smallest absolute Gasteiger partial charge is 0.241 e. The van der Waals surface area contributed by atoms with Gasteiger partial charge in [-0.25, -0.2) is 0 Å². The summed E-state index contributed by atoms with van der Waals surface area (Å²) in [6.45, 7) is 0.478. The first-order valence-electron chi connectivity index (χ1n) is 7.41. The molecule has 1 N–H and O–H groups in total. The lowest BCUT2D eigenvalue weighted by molar-refractivity contribution is -0.127. The molecule has 0 aromatic heterocycles. The van der Waals surface area contributed by atoms with Gasteiger partial charge in [-0.3, -0.25) is 4.79 Å². The molecule has 0 radical (unpaired) electrons. The number of rotatable bonds is 6. The molecule has 1 atom stereocenters. The minimum absolute atomic E-state index is 0.0276. The highest BCUT2D eigenvalue weighted by Crippen LogP contribution is 2.25. The van der Waals surface area contributed by atoms with Crippen LogP contribution in [0.1, 0.15) is 11.7 Å². The Balaban J connectivity index is 2.20. The number of hydrogen-bond acceptors (Lipinski definition) is 3. The summed E-state index contributed by atoms with van der Waals surface area (Å²) >= 11 is 6.15. The highest BCUT2D eigenvalue weighted by molar-refractivity contribution is 6.31. The van der Waals surface area contributed by atoms with Crippen LogP contribution in [0, 0.1) is 0 Å². The summed E-state index contributed by atoms with van der Waals surface area (Å²) in [4.78, 5) is 15.5. The van der Waals surface area contributed by atoms with Crippen LogP contribution >= 0.6 is 11.6 Å². The van der Waals surface area contributed by atoms with Gasteiger partial charge in [-0.15, -0.1) is 0 Å². The van der Waals surface area contributed by atoms with Crippen molar-refractivity contribution < 1.29 is 9.90 Å². The molecule has 0 saturated carbocycles. The average molecular weight is 333 g/mol. The van der Waals surface area contributed by atoms with Crippen LogP contribution in [0.4, 0.5) is 5.69 Å².